The van der Waals surface area contributed by atoms with Crippen LogP contribution < -0.4 is 5.32 Å². The Bertz CT molecular complexity index is 451. The molecule has 1 nitrogen and oxygen atoms in total. The van der Waals surface area contributed by atoms with Gasteiger partial charge < -0.3 is 5.32 Å². The minimum atomic E-state index is 0.911. The van der Waals surface area contributed by atoms with Gasteiger partial charge in [0.2, 0.25) is 0 Å². The molecule has 0 radical (unpaired) electrons. The van der Waals surface area contributed by atoms with Gasteiger partial charge in [0.05, 0.1) is 0 Å². The summed E-state index contributed by atoms with van der Waals surface area (Å²) in [6.07, 6.45) is 0. The predicted octanol–water partition coefficient (Wildman–Crippen LogP) is 4.11. The lowest BCUT2D eigenvalue weighted by Gasteiger charge is -2.05. The quantitative estimate of drug-likeness (QED) is 0.895. The molecule has 0 saturated carbocycles. The highest BCUT2D eigenvalue weighted by molar-refractivity contribution is 9.10. The smallest absolute Gasteiger partial charge is 0.0216 e. The maximum Gasteiger partial charge on any atom is 0.0216 e. The lowest BCUT2D eigenvalue weighted by Crippen LogP contribution is -2.12. The van der Waals surface area contributed by atoms with E-state index >= 15 is 0 Å². The van der Waals surface area contributed by atoms with Gasteiger partial charge in [-0.2, -0.15) is 11.3 Å². The van der Waals surface area contributed by atoms with Crippen molar-refractivity contribution in [2.24, 2.45) is 0 Å². The average Bonchev–Trinajstić information content (AvgIpc) is 2.76. The van der Waals surface area contributed by atoms with E-state index in [2.05, 4.69) is 63.2 Å². The lowest BCUT2D eigenvalue weighted by molar-refractivity contribution is 0.694. The van der Waals surface area contributed by atoms with E-state index in [1.807, 2.05) is 0 Å². The highest BCUT2D eigenvalue weighted by atomic mass is 79.9. The molecule has 1 aromatic carbocycles. The summed E-state index contributed by atoms with van der Waals surface area (Å²) >= 11 is 5.29. The van der Waals surface area contributed by atoms with Gasteiger partial charge in [0.15, 0.2) is 0 Å². The summed E-state index contributed by atoms with van der Waals surface area (Å²) in [5.74, 6) is 0. The van der Waals surface area contributed by atoms with E-state index in [1.54, 1.807) is 11.3 Å². The zero-order valence-electron chi connectivity index (χ0n) is 9.16. The molecule has 0 amide bonds. The number of hydrogen-bond acceptors (Lipinski definition) is 2. The second kappa shape index (κ2) is 5.62. The van der Waals surface area contributed by atoms with E-state index in [0.717, 1.165) is 13.1 Å². The third-order valence-corrected chi connectivity index (χ3v) is 4.06. The molecule has 2 aromatic rings. The van der Waals surface area contributed by atoms with Crippen LogP contribution in [0.5, 0.6) is 0 Å². The Hall–Kier alpha value is -0.640. The summed E-state index contributed by atoms with van der Waals surface area (Å²) in [4.78, 5) is 0. The molecule has 84 valence electrons. The molecule has 0 saturated heterocycles. The molecule has 0 unspecified atom stereocenters. The molecule has 0 atom stereocenters. The Morgan fingerprint density at radius 3 is 2.69 bits per heavy atom. The summed E-state index contributed by atoms with van der Waals surface area (Å²) in [5, 5.41) is 7.73. The first kappa shape index (κ1) is 11.8. The molecular formula is C13H14BrNS. The van der Waals surface area contributed by atoms with Crippen molar-refractivity contribution in [3.8, 4) is 0 Å². The number of thiophene rings is 1. The van der Waals surface area contributed by atoms with Gasteiger partial charge in [-0.05, 0) is 46.5 Å². The van der Waals surface area contributed by atoms with Crippen LogP contribution in [0, 0.1) is 6.92 Å². The largest absolute Gasteiger partial charge is 0.309 e. The standard InChI is InChI=1S/C13H14BrNS/c1-10-2-3-11(6-13(10)14)7-15-8-12-4-5-16-9-12/h2-6,9,15H,7-8H2,1H3. The van der Waals surface area contributed by atoms with Gasteiger partial charge >= 0.3 is 0 Å². The maximum atomic E-state index is 3.55. The second-order valence-electron chi connectivity index (χ2n) is 3.82. The van der Waals surface area contributed by atoms with Gasteiger partial charge in [-0.15, -0.1) is 0 Å². The summed E-state index contributed by atoms with van der Waals surface area (Å²) < 4.78 is 1.18. The van der Waals surface area contributed by atoms with Gasteiger partial charge in [0.1, 0.15) is 0 Å². The molecule has 0 spiro atoms. The van der Waals surface area contributed by atoms with Crippen LogP contribution in [-0.2, 0) is 13.1 Å². The number of aryl methyl sites for hydroxylation is 1. The number of benzene rings is 1. The summed E-state index contributed by atoms with van der Waals surface area (Å²) in [7, 11) is 0. The summed E-state index contributed by atoms with van der Waals surface area (Å²) in [6, 6.07) is 8.64. The van der Waals surface area contributed by atoms with Crippen LogP contribution in [0.25, 0.3) is 0 Å². The number of rotatable bonds is 4. The fraction of sp³-hybridized carbons (Fsp3) is 0.231. The van der Waals surface area contributed by atoms with Crippen molar-refractivity contribution in [1.82, 2.24) is 5.32 Å². The molecule has 0 aliphatic rings. The predicted molar refractivity (Wildman–Crippen MR) is 73.7 cm³/mol. The van der Waals surface area contributed by atoms with Gasteiger partial charge in [-0.1, -0.05) is 28.1 Å². The van der Waals surface area contributed by atoms with Crippen molar-refractivity contribution < 1.29 is 0 Å². The van der Waals surface area contributed by atoms with Gasteiger partial charge in [0.25, 0.3) is 0 Å². The molecule has 0 aliphatic heterocycles. The molecule has 0 fully saturated rings. The molecule has 0 aliphatic carbocycles. The minimum absolute atomic E-state index is 0.911. The van der Waals surface area contributed by atoms with Crippen LogP contribution in [0.4, 0.5) is 0 Å². The Morgan fingerprint density at radius 1 is 1.19 bits per heavy atom. The SMILES string of the molecule is Cc1ccc(CNCc2ccsc2)cc1Br. The van der Waals surface area contributed by atoms with Crippen molar-refractivity contribution in [2.75, 3.05) is 0 Å². The monoisotopic (exact) mass is 295 g/mol. The number of nitrogens with one attached hydrogen (secondary N) is 1. The molecule has 16 heavy (non-hydrogen) atoms. The van der Waals surface area contributed by atoms with Crippen LogP contribution in [0.15, 0.2) is 39.5 Å². The van der Waals surface area contributed by atoms with Gasteiger partial charge in [-0.25, -0.2) is 0 Å². The molecular weight excluding hydrogens is 282 g/mol. The average molecular weight is 296 g/mol. The van der Waals surface area contributed by atoms with E-state index in [9.17, 15) is 0 Å². The van der Waals surface area contributed by atoms with Crippen LogP contribution in [-0.4, -0.2) is 0 Å². The first-order valence-electron chi connectivity index (χ1n) is 5.22. The first-order valence-corrected chi connectivity index (χ1v) is 6.96. The fourth-order valence-corrected chi connectivity index (χ4v) is 2.59. The van der Waals surface area contributed by atoms with E-state index < -0.39 is 0 Å². The molecule has 0 bridgehead atoms. The highest BCUT2D eigenvalue weighted by Crippen LogP contribution is 2.17. The zero-order valence-corrected chi connectivity index (χ0v) is 11.6. The van der Waals surface area contributed by atoms with Gasteiger partial charge in [-0.3, -0.25) is 0 Å². The third-order valence-electron chi connectivity index (χ3n) is 2.47. The molecule has 2 rings (SSSR count). The second-order valence-corrected chi connectivity index (χ2v) is 5.45. The van der Waals surface area contributed by atoms with E-state index in [0.29, 0.717) is 0 Å². The van der Waals surface area contributed by atoms with Crippen molar-refractivity contribution in [2.45, 2.75) is 20.0 Å². The summed E-state index contributed by atoms with van der Waals surface area (Å²) in [5.41, 5.74) is 3.95. The molecule has 1 N–H and O–H groups in total. The minimum Gasteiger partial charge on any atom is -0.309 e. The van der Waals surface area contributed by atoms with Crippen molar-refractivity contribution in [3.05, 3.63) is 56.2 Å². The van der Waals surface area contributed by atoms with Crippen LogP contribution in [0.2, 0.25) is 0 Å². The van der Waals surface area contributed by atoms with Crippen molar-refractivity contribution in [3.63, 3.8) is 0 Å². The first-order chi connectivity index (χ1) is 7.75. The lowest BCUT2D eigenvalue weighted by atomic mass is 10.1. The normalized spacial score (nSPS) is 10.6. The Balaban J connectivity index is 1.87. The van der Waals surface area contributed by atoms with E-state index in [-0.39, 0.29) is 0 Å². The van der Waals surface area contributed by atoms with Crippen LogP contribution in [0.3, 0.4) is 0 Å². The van der Waals surface area contributed by atoms with Crippen molar-refractivity contribution >= 4 is 27.3 Å². The Kier molecular flexibility index (Phi) is 4.16. The van der Waals surface area contributed by atoms with E-state index in [1.165, 1.54) is 21.2 Å². The fourth-order valence-electron chi connectivity index (χ4n) is 1.49. The summed E-state index contributed by atoms with van der Waals surface area (Å²) in [6.45, 7) is 3.95. The van der Waals surface area contributed by atoms with Gasteiger partial charge in [0, 0.05) is 17.6 Å². The molecule has 1 aromatic heterocycles. The maximum absolute atomic E-state index is 3.55. The Labute approximate surface area is 109 Å². The topological polar surface area (TPSA) is 12.0 Å². The number of hydrogen-bond donors (Lipinski definition) is 1. The van der Waals surface area contributed by atoms with Crippen LogP contribution in [0.1, 0.15) is 16.7 Å². The highest BCUT2D eigenvalue weighted by Gasteiger charge is 1.98. The Morgan fingerprint density at radius 2 is 2.00 bits per heavy atom. The molecule has 3 heteroatoms. The zero-order chi connectivity index (χ0) is 11.4. The number of halogens is 1. The van der Waals surface area contributed by atoms with Crippen molar-refractivity contribution in [1.29, 1.82) is 0 Å². The third kappa shape index (κ3) is 3.17. The van der Waals surface area contributed by atoms with Crippen LogP contribution >= 0.6 is 27.3 Å². The van der Waals surface area contributed by atoms with E-state index in [4.69, 9.17) is 0 Å². The molecule has 1 heterocycles.